The number of hydrogen-bond acceptors (Lipinski definition) is 3. The van der Waals surface area contributed by atoms with Gasteiger partial charge in [0.15, 0.2) is 5.65 Å². The van der Waals surface area contributed by atoms with Gasteiger partial charge in [0.2, 0.25) is 5.82 Å². The number of nitrogens with two attached hydrogens (primary N) is 1. The maximum atomic E-state index is 13.0. The molecule has 0 radical (unpaired) electrons. The molecule has 0 spiro atoms. The molecule has 0 saturated heterocycles. The minimum Gasteiger partial charge on any atom is -0.330 e. The molecule has 0 aromatic carbocycles. The summed E-state index contributed by atoms with van der Waals surface area (Å²) in [6, 6.07) is 1.61. The van der Waals surface area contributed by atoms with Crippen LogP contribution in [0.3, 0.4) is 0 Å². The molecule has 2 aromatic rings. The fourth-order valence-electron chi connectivity index (χ4n) is 1.95. The van der Waals surface area contributed by atoms with Gasteiger partial charge in [-0.15, -0.1) is 0 Å². The third kappa shape index (κ3) is 2.86. The van der Waals surface area contributed by atoms with Crippen molar-refractivity contribution in [1.29, 1.82) is 0 Å². The van der Waals surface area contributed by atoms with Gasteiger partial charge >= 0.3 is 6.18 Å². The van der Waals surface area contributed by atoms with Gasteiger partial charge in [0.05, 0.1) is 0 Å². The normalized spacial score (nSPS) is 12.3. The van der Waals surface area contributed by atoms with Crippen LogP contribution in [0.15, 0.2) is 12.3 Å². The van der Waals surface area contributed by atoms with Crippen molar-refractivity contribution in [3.63, 3.8) is 0 Å². The Morgan fingerprint density at radius 2 is 2.05 bits per heavy atom. The molecule has 2 aromatic heterocycles. The van der Waals surface area contributed by atoms with Gasteiger partial charge in [-0.1, -0.05) is 0 Å². The second-order valence-electron chi connectivity index (χ2n) is 4.44. The number of halogens is 3. The van der Waals surface area contributed by atoms with Crippen molar-refractivity contribution in [2.45, 2.75) is 32.5 Å². The smallest absolute Gasteiger partial charge is 0.330 e. The van der Waals surface area contributed by atoms with Crippen LogP contribution in [0.5, 0.6) is 0 Å². The Labute approximate surface area is 108 Å². The number of imidazole rings is 1. The van der Waals surface area contributed by atoms with E-state index >= 15 is 0 Å². The van der Waals surface area contributed by atoms with Crippen LogP contribution >= 0.6 is 0 Å². The maximum absolute atomic E-state index is 13.0. The Hall–Kier alpha value is -1.63. The molecule has 0 bridgehead atoms. The van der Waals surface area contributed by atoms with Crippen molar-refractivity contribution < 1.29 is 13.2 Å². The molecule has 0 aliphatic carbocycles. The largest absolute Gasteiger partial charge is 0.449 e. The molecule has 0 saturated carbocycles. The standard InChI is InChI=1S/C12H15F3N4/c1-8-6-9-10(17-7-8)19(5-3-2-4-16)11(18-9)12(13,14)15/h6-7H,2-5,16H2,1H3. The third-order valence-corrected chi connectivity index (χ3v) is 2.81. The number of alkyl halides is 3. The number of aryl methyl sites for hydroxylation is 2. The van der Waals surface area contributed by atoms with Gasteiger partial charge in [0, 0.05) is 12.7 Å². The van der Waals surface area contributed by atoms with Crippen LogP contribution in [-0.4, -0.2) is 21.1 Å². The summed E-state index contributed by atoms with van der Waals surface area (Å²) in [4.78, 5) is 7.73. The van der Waals surface area contributed by atoms with Crippen molar-refractivity contribution in [1.82, 2.24) is 14.5 Å². The first-order valence-corrected chi connectivity index (χ1v) is 6.03. The number of fused-ring (bicyclic) bond motifs is 1. The van der Waals surface area contributed by atoms with Crippen LogP contribution in [0.4, 0.5) is 13.2 Å². The lowest BCUT2D eigenvalue weighted by molar-refractivity contribution is -0.147. The molecule has 0 atom stereocenters. The van der Waals surface area contributed by atoms with Gasteiger partial charge in [-0.3, -0.25) is 0 Å². The monoisotopic (exact) mass is 272 g/mol. The number of aromatic nitrogens is 3. The summed E-state index contributed by atoms with van der Waals surface area (Å²) in [6.07, 6.45) is -1.69. The van der Waals surface area contributed by atoms with Gasteiger partial charge in [0.25, 0.3) is 0 Å². The quantitative estimate of drug-likeness (QED) is 0.870. The Kier molecular flexibility index (Phi) is 3.75. The molecular weight excluding hydrogens is 257 g/mol. The van der Waals surface area contributed by atoms with E-state index in [4.69, 9.17) is 5.73 Å². The van der Waals surface area contributed by atoms with Crippen LogP contribution in [0, 0.1) is 6.92 Å². The summed E-state index contributed by atoms with van der Waals surface area (Å²) in [6.45, 7) is 2.45. The van der Waals surface area contributed by atoms with Crippen LogP contribution < -0.4 is 5.73 Å². The molecule has 0 aliphatic rings. The first-order valence-electron chi connectivity index (χ1n) is 6.03. The molecule has 2 rings (SSSR count). The Balaban J connectivity index is 2.49. The molecular formula is C12H15F3N4. The predicted molar refractivity (Wildman–Crippen MR) is 65.6 cm³/mol. The van der Waals surface area contributed by atoms with E-state index in [2.05, 4.69) is 9.97 Å². The minimum atomic E-state index is -4.47. The van der Waals surface area contributed by atoms with Gasteiger partial charge in [-0.2, -0.15) is 13.2 Å². The topological polar surface area (TPSA) is 56.7 Å². The highest BCUT2D eigenvalue weighted by molar-refractivity contribution is 5.72. The molecule has 104 valence electrons. The zero-order valence-corrected chi connectivity index (χ0v) is 10.5. The Morgan fingerprint density at radius 1 is 1.32 bits per heavy atom. The van der Waals surface area contributed by atoms with E-state index in [9.17, 15) is 13.2 Å². The first kappa shape index (κ1) is 13.8. The summed E-state index contributed by atoms with van der Waals surface area (Å²) in [5, 5.41) is 0. The molecule has 2 heterocycles. The molecule has 19 heavy (non-hydrogen) atoms. The first-order chi connectivity index (χ1) is 8.93. The average Bonchev–Trinajstić information content (AvgIpc) is 2.67. The number of pyridine rings is 1. The lowest BCUT2D eigenvalue weighted by Gasteiger charge is -2.10. The van der Waals surface area contributed by atoms with E-state index in [1.165, 1.54) is 0 Å². The van der Waals surface area contributed by atoms with Crippen molar-refractivity contribution in [3.05, 3.63) is 23.7 Å². The summed E-state index contributed by atoms with van der Waals surface area (Å²) in [5.74, 6) is -0.891. The van der Waals surface area contributed by atoms with Gasteiger partial charge < -0.3 is 10.3 Å². The van der Waals surface area contributed by atoms with Crippen LogP contribution in [0.25, 0.3) is 11.2 Å². The van der Waals surface area contributed by atoms with Gasteiger partial charge in [-0.05, 0) is 37.9 Å². The van der Waals surface area contributed by atoms with Crippen molar-refractivity contribution in [2.75, 3.05) is 6.54 Å². The maximum Gasteiger partial charge on any atom is 0.449 e. The van der Waals surface area contributed by atoms with E-state index in [0.29, 0.717) is 19.4 Å². The Morgan fingerprint density at radius 3 is 2.68 bits per heavy atom. The lowest BCUT2D eigenvalue weighted by atomic mass is 10.3. The fraction of sp³-hybridized carbons (Fsp3) is 0.500. The number of hydrogen-bond donors (Lipinski definition) is 1. The van der Waals surface area contributed by atoms with Crippen LogP contribution in [0.2, 0.25) is 0 Å². The zero-order chi connectivity index (χ0) is 14.0. The van der Waals surface area contributed by atoms with Crippen molar-refractivity contribution >= 4 is 11.2 Å². The predicted octanol–water partition coefficient (Wildman–Crippen LogP) is 2.50. The highest BCUT2D eigenvalue weighted by Gasteiger charge is 2.37. The Bertz CT molecular complexity index is 574. The summed E-state index contributed by atoms with van der Waals surface area (Å²) < 4.78 is 40.0. The number of unbranched alkanes of at least 4 members (excludes halogenated alkanes) is 1. The SMILES string of the molecule is Cc1cnc2c(c1)nc(C(F)(F)F)n2CCCCN. The summed E-state index contributed by atoms with van der Waals surface area (Å²) in [7, 11) is 0. The lowest BCUT2D eigenvalue weighted by Crippen LogP contribution is -2.16. The second kappa shape index (κ2) is 5.16. The van der Waals surface area contributed by atoms with Gasteiger partial charge in [-0.25, -0.2) is 9.97 Å². The molecule has 0 aliphatic heterocycles. The number of nitrogens with zero attached hydrogens (tertiary/aromatic N) is 3. The molecule has 0 fully saturated rings. The molecule has 2 N–H and O–H groups in total. The highest BCUT2D eigenvalue weighted by Crippen LogP contribution is 2.31. The van der Waals surface area contributed by atoms with E-state index in [-0.39, 0.29) is 17.7 Å². The van der Waals surface area contributed by atoms with Crippen LogP contribution in [0.1, 0.15) is 24.2 Å². The molecule has 7 heteroatoms. The minimum absolute atomic E-state index is 0.221. The zero-order valence-electron chi connectivity index (χ0n) is 10.5. The molecule has 0 amide bonds. The van der Waals surface area contributed by atoms with Gasteiger partial charge in [0.1, 0.15) is 5.52 Å². The molecule has 0 unspecified atom stereocenters. The van der Waals surface area contributed by atoms with E-state index < -0.39 is 12.0 Å². The highest BCUT2D eigenvalue weighted by atomic mass is 19.4. The average molecular weight is 272 g/mol. The summed E-state index contributed by atoms with van der Waals surface area (Å²) in [5.41, 5.74) is 6.70. The van der Waals surface area contributed by atoms with E-state index in [0.717, 1.165) is 10.1 Å². The van der Waals surface area contributed by atoms with Crippen LogP contribution in [-0.2, 0) is 12.7 Å². The number of rotatable bonds is 4. The third-order valence-electron chi connectivity index (χ3n) is 2.81. The fourth-order valence-corrected chi connectivity index (χ4v) is 1.95. The van der Waals surface area contributed by atoms with E-state index in [1.807, 2.05) is 0 Å². The van der Waals surface area contributed by atoms with Crippen molar-refractivity contribution in [3.8, 4) is 0 Å². The van der Waals surface area contributed by atoms with Crippen molar-refractivity contribution in [2.24, 2.45) is 5.73 Å². The summed E-state index contributed by atoms with van der Waals surface area (Å²) >= 11 is 0. The van der Waals surface area contributed by atoms with E-state index in [1.54, 1.807) is 19.2 Å². The molecule has 4 nitrogen and oxygen atoms in total. The second-order valence-corrected chi connectivity index (χ2v) is 4.44.